The molecule has 1 heterocycles. The predicted octanol–water partition coefficient (Wildman–Crippen LogP) is 2.80. The fourth-order valence-corrected chi connectivity index (χ4v) is 2.64. The molecule has 1 aromatic carbocycles. The molecule has 2 rings (SSSR count). The van der Waals surface area contributed by atoms with E-state index < -0.39 is 5.54 Å². The van der Waals surface area contributed by atoms with Gasteiger partial charge in [0.1, 0.15) is 5.52 Å². The SMILES string of the molecule is CCC(N)(CO)CCCSc1nc2ccccc2o1. The van der Waals surface area contributed by atoms with Gasteiger partial charge in [-0.3, -0.25) is 0 Å². The van der Waals surface area contributed by atoms with E-state index in [1.807, 2.05) is 31.2 Å². The molecule has 0 amide bonds. The van der Waals surface area contributed by atoms with Crippen LogP contribution in [0.15, 0.2) is 33.9 Å². The lowest BCUT2D eigenvalue weighted by atomic mass is 9.93. The third kappa shape index (κ3) is 3.72. The Labute approximate surface area is 117 Å². The summed E-state index contributed by atoms with van der Waals surface area (Å²) in [5, 5.41) is 9.93. The van der Waals surface area contributed by atoms with E-state index in [4.69, 9.17) is 10.2 Å². The molecule has 3 N–H and O–H groups in total. The molecule has 0 spiro atoms. The zero-order valence-corrected chi connectivity index (χ0v) is 11.9. The smallest absolute Gasteiger partial charge is 0.256 e. The van der Waals surface area contributed by atoms with Crippen molar-refractivity contribution in [1.82, 2.24) is 4.98 Å². The van der Waals surface area contributed by atoms with Crippen molar-refractivity contribution in [2.24, 2.45) is 5.73 Å². The number of benzene rings is 1. The van der Waals surface area contributed by atoms with Gasteiger partial charge < -0.3 is 15.3 Å². The number of aliphatic hydroxyl groups excluding tert-OH is 1. The second-order valence-corrected chi connectivity index (χ2v) is 5.82. The second kappa shape index (κ2) is 6.41. The number of nitrogens with two attached hydrogens (primary N) is 1. The summed E-state index contributed by atoms with van der Waals surface area (Å²) < 4.78 is 5.62. The normalized spacial score (nSPS) is 14.7. The van der Waals surface area contributed by atoms with Gasteiger partial charge in [0.05, 0.1) is 6.61 Å². The molecule has 1 unspecified atom stereocenters. The lowest BCUT2D eigenvalue weighted by molar-refractivity contribution is 0.182. The van der Waals surface area contributed by atoms with Gasteiger partial charge in [-0.25, -0.2) is 4.98 Å². The molecule has 4 nitrogen and oxygen atoms in total. The standard InChI is InChI=1S/C14H20N2O2S/c1-2-14(15,10-17)8-5-9-19-13-16-11-6-3-4-7-12(11)18-13/h3-4,6-7,17H,2,5,8-10,15H2,1H3. The maximum atomic E-state index is 9.23. The number of aromatic nitrogens is 1. The Morgan fingerprint density at radius 2 is 2.21 bits per heavy atom. The van der Waals surface area contributed by atoms with Crippen molar-refractivity contribution in [2.45, 2.75) is 36.9 Å². The van der Waals surface area contributed by atoms with Crippen molar-refractivity contribution in [3.63, 3.8) is 0 Å². The average molecular weight is 280 g/mol. The monoisotopic (exact) mass is 280 g/mol. The van der Waals surface area contributed by atoms with E-state index in [2.05, 4.69) is 4.98 Å². The van der Waals surface area contributed by atoms with Gasteiger partial charge in [0.15, 0.2) is 5.58 Å². The van der Waals surface area contributed by atoms with Crippen molar-refractivity contribution in [1.29, 1.82) is 0 Å². The molecule has 0 bridgehead atoms. The van der Waals surface area contributed by atoms with E-state index in [1.54, 1.807) is 11.8 Å². The molecule has 0 aliphatic heterocycles. The lowest BCUT2D eigenvalue weighted by Gasteiger charge is -2.25. The summed E-state index contributed by atoms with van der Waals surface area (Å²) in [5.74, 6) is 0.895. The highest BCUT2D eigenvalue weighted by atomic mass is 32.2. The van der Waals surface area contributed by atoms with Crippen LogP contribution in [-0.2, 0) is 0 Å². The molecular weight excluding hydrogens is 260 g/mol. The van der Waals surface area contributed by atoms with Crippen molar-refractivity contribution >= 4 is 22.9 Å². The van der Waals surface area contributed by atoms with E-state index in [0.717, 1.165) is 36.1 Å². The van der Waals surface area contributed by atoms with Gasteiger partial charge in [-0.15, -0.1) is 0 Å². The van der Waals surface area contributed by atoms with Crippen LogP contribution in [0.5, 0.6) is 0 Å². The maximum absolute atomic E-state index is 9.23. The first-order chi connectivity index (χ1) is 9.17. The summed E-state index contributed by atoms with van der Waals surface area (Å²) in [6, 6.07) is 7.74. The highest BCUT2D eigenvalue weighted by Gasteiger charge is 2.20. The Morgan fingerprint density at radius 3 is 2.89 bits per heavy atom. The molecule has 0 aliphatic rings. The number of fused-ring (bicyclic) bond motifs is 1. The molecular formula is C14H20N2O2S. The number of oxazole rings is 1. The summed E-state index contributed by atoms with van der Waals surface area (Å²) in [4.78, 5) is 4.40. The minimum absolute atomic E-state index is 0.0387. The number of thioether (sulfide) groups is 1. The summed E-state index contributed by atoms with van der Waals surface area (Å²) in [7, 11) is 0. The third-order valence-corrected chi connectivity index (χ3v) is 4.25. The minimum atomic E-state index is -0.443. The molecule has 2 aromatic rings. The summed E-state index contributed by atoms with van der Waals surface area (Å²) in [6.07, 6.45) is 2.54. The van der Waals surface area contributed by atoms with E-state index in [9.17, 15) is 5.11 Å². The van der Waals surface area contributed by atoms with Gasteiger partial charge >= 0.3 is 0 Å². The average Bonchev–Trinajstić information content (AvgIpc) is 2.86. The van der Waals surface area contributed by atoms with Crippen LogP contribution in [0, 0.1) is 0 Å². The number of para-hydroxylation sites is 2. The Balaban J connectivity index is 1.83. The molecule has 5 heteroatoms. The van der Waals surface area contributed by atoms with E-state index in [-0.39, 0.29) is 6.61 Å². The number of rotatable bonds is 7. The van der Waals surface area contributed by atoms with Crippen LogP contribution in [-0.4, -0.2) is 28.0 Å². The van der Waals surface area contributed by atoms with Crippen LogP contribution < -0.4 is 5.73 Å². The van der Waals surface area contributed by atoms with Gasteiger partial charge in [0, 0.05) is 11.3 Å². The molecule has 0 saturated carbocycles. The molecule has 0 saturated heterocycles. The number of hydrogen-bond acceptors (Lipinski definition) is 5. The summed E-state index contributed by atoms with van der Waals surface area (Å²) in [6.45, 7) is 2.04. The number of aliphatic hydroxyl groups is 1. The van der Waals surface area contributed by atoms with E-state index in [0.29, 0.717) is 5.22 Å². The topological polar surface area (TPSA) is 72.3 Å². The first kappa shape index (κ1) is 14.4. The largest absolute Gasteiger partial charge is 0.431 e. The quantitative estimate of drug-likeness (QED) is 0.602. The first-order valence-corrected chi connectivity index (χ1v) is 7.53. The van der Waals surface area contributed by atoms with Gasteiger partial charge in [-0.2, -0.15) is 0 Å². The highest BCUT2D eigenvalue weighted by Crippen LogP contribution is 2.25. The van der Waals surface area contributed by atoms with Crippen molar-refractivity contribution in [3.05, 3.63) is 24.3 Å². The van der Waals surface area contributed by atoms with Gasteiger partial charge in [-0.05, 0) is 31.4 Å². The molecule has 104 valence electrons. The van der Waals surface area contributed by atoms with Crippen LogP contribution in [0.3, 0.4) is 0 Å². The second-order valence-electron chi connectivity index (χ2n) is 4.77. The molecule has 0 aliphatic carbocycles. The maximum Gasteiger partial charge on any atom is 0.256 e. The zero-order valence-electron chi connectivity index (χ0n) is 11.1. The molecule has 0 radical (unpaired) electrons. The van der Waals surface area contributed by atoms with Crippen molar-refractivity contribution in [2.75, 3.05) is 12.4 Å². The summed E-state index contributed by atoms with van der Waals surface area (Å²) in [5.41, 5.74) is 7.31. The Hall–Kier alpha value is -1.04. The van der Waals surface area contributed by atoms with Gasteiger partial charge in [0.2, 0.25) is 0 Å². The van der Waals surface area contributed by atoms with E-state index in [1.165, 1.54) is 0 Å². The minimum Gasteiger partial charge on any atom is -0.431 e. The third-order valence-electron chi connectivity index (χ3n) is 3.34. The van der Waals surface area contributed by atoms with Crippen LogP contribution in [0.25, 0.3) is 11.1 Å². The van der Waals surface area contributed by atoms with Gasteiger partial charge in [-0.1, -0.05) is 30.8 Å². The molecule has 0 fully saturated rings. The predicted molar refractivity (Wildman–Crippen MR) is 78.3 cm³/mol. The Bertz CT molecular complexity index is 490. The van der Waals surface area contributed by atoms with Gasteiger partial charge in [0.25, 0.3) is 5.22 Å². The zero-order chi connectivity index (χ0) is 13.7. The van der Waals surface area contributed by atoms with Crippen molar-refractivity contribution < 1.29 is 9.52 Å². The molecule has 1 atom stereocenters. The van der Waals surface area contributed by atoms with Crippen LogP contribution in [0.1, 0.15) is 26.2 Å². The van der Waals surface area contributed by atoms with Crippen LogP contribution in [0.2, 0.25) is 0 Å². The summed E-state index contributed by atoms with van der Waals surface area (Å²) >= 11 is 1.59. The first-order valence-electron chi connectivity index (χ1n) is 6.55. The fourth-order valence-electron chi connectivity index (χ4n) is 1.86. The molecule has 19 heavy (non-hydrogen) atoms. The number of hydrogen-bond donors (Lipinski definition) is 2. The number of nitrogens with zero attached hydrogens (tertiary/aromatic N) is 1. The van der Waals surface area contributed by atoms with Crippen LogP contribution >= 0.6 is 11.8 Å². The Kier molecular flexibility index (Phi) is 4.85. The lowest BCUT2D eigenvalue weighted by Crippen LogP contribution is -2.42. The van der Waals surface area contributed by atoms with Crippen LogP contribution in [0.4, 0.5) is 0 Å². The highest BCUT2D eigenvalue weighted by molar-refractivity contribution is 7.99. The van der Waals surface area contributed by atoms with E-state index >= 15 is 0 Å². The van der Waals surface area contributed by atoms with Crippen molar-refractivity contribution in [3.8, 4) is 0 Å². The Morgan fingerprint density at radius 1 is 1.42 bits per heavy atom. The molecule has 1 aromatic heterocycles. The fraction of sp³-hybridized carbons (Fsp3) is 0.500.